The smallest absolute Gasteiger partial charge is 0.253 e. The summed E-state index contributed by atoms with van der Waals surface area (Å²) in [6.45, 7) is 4.53. The maximum atomic E-state index is 14.5. The Morgan fingerprint density at radius 3 is 2.64 bits per heavy atom. The molecule has 1 amide bonds. The van der Waals surface area contributed by atoms with E-state index in [4.69, 9.17) is 10.4 Å². The molecule has 0 radical (unpaired) electrons. The Balaban J connectivity index is 1.43. The van der Waals surface area contributed by atoms with Crippen LogP contribution in [0.25, 0.3) is 16.9 Å². The van der Waals surface area contributed by atoms with E-state index in [2.05, 4.69) is 10.6 Å². The van der Waals surface area contributed by atoms with Gasteiger partial charge in [0.05, 0.1) is 16.9 Å². The molecule has 2 saturated heterocycles. The van der Waals surface area contributed by atoms with E-state index in [1.807, 2.05) is 41.3 Å². The summed E-state index contributed by atoms with van der Waals surface area (Å²) in [4.78, 5) is 14.7. The summed E-state index contributed by atoms with van der Waals surface area (Å²) in [7, 11) is 0. The van der Waals surface area contributed by atoms with E-state index >= 15 is 0 Å². The van der Waals surface area contributed by atoms with Gasteiger partial charge in [0, 0.05) is 36.8 Å². The Labute approximate surface area is 210 Å². The third-order valence-electron chi connectivity index (χ3n) is 7.11. The molecule has 5 rings (SSSR count). The number of hydrogen-bond donors (Lipinski definition) is 2. The Hall–Kier alpha value is -3.70. The lowest BCUT2D eigenvalue weighted by Gasteiger charge is -2.15. The molecule has 0 aliphatic carbocycles. The van der Waals surface area contributed by atoms with Crippen LogP contribution < -0.4 is 10.6 Å². The number of nitrogens with one attached hydrogen (secondary N) is 2. The third kappa shape index (κ3) is 5.26. The molecular formula is C28H31FN6O. The van der Waals surface area contributed by atoms with Crippen LogP contribution in [0.3, 0.4) is 0 Å². The molecule has 7 nitrogen and oxygen atoms in total. The molecular weight excluding hydrogens is 455 g/mol. The summed E-state index contributed by atoms with van der Waals surface area (Å²) in [5.74, 6) is 0.768. The highest BCUT2D eigenvalue weighted by molar-refractivity contribution is 5.94. The number of anilines is 1. The standard InChI is InChI=1S/C28H31FN6O/c29-25-16-22(5-6-23(25)18-30)26-17-27(32-19-20-4-3-12-31-13-11-20)33-35(26)24-9-7-21(8-10-24)28(36)34-14-1-2-15-34/h5-10,16-17,20,31H,1-4,11-15,19H2,(H,32,33). The van der Waals surface area contributed by atoms with Gasteiger partial charge in [-0.1, -0.05) is 6.07 Å². The van der Waals surface area contributed by atoms with Crippen LogP contribution >= 0.6 is 0 Å². The van der Waals surface area contributed by atoms with Crippen LogP contribution in [-0.2, 0) is 0 Å². The van der Waals surface area contributed by atoms with Gasteiger partial charge < -0.3 is 15.5 Å². The minimum absolute atomic E-state index is 0.00918. The average Bonchev–Trinajstić information content (AvgIpc) is 3.52. The topological polar surface area (TPSA) is 86.0 Å². The number of benzene rings is 2. The zero-order valence-electron chi connectivity index (χ0n) is 20.3. The van der Waals surface area contributed by atoms with Crippen molar-refractivity contribution in [3.8, 4) is 23.0 Å². The van der Waals surface area contributed by atoms with E-state index in [9.17, 15) is 9.18 Å². The predicted molar refractivity (Wildman–Crippen MR) is 138 cm³/mol. The summed E-state index contributed by atoms with van der Waals surface area (Å²) in [6.07, 6.45) is 5.55. The van der Waals surface area contributed by atoms with Crippen molar-refractivity contribution in [3.05, 3.63) is 65.5 Å². The Morgan fingerprint density at radius 2 is 1.89 bits per heavy atom. The molecule has 2 aromatic carbocycles. The van der Waals surface area contributed by atoms with Gasteiger partial charge in [-0.15, -0.1) is 5.10 Å². The predicted octanol–water partition coefficient (Wildman–Crippen LogP) is 4.59. The van der Waals surface area contributed by atoms with Crippen LogP contribution in [0, 0.1) is 23.1 Å². The molecule has 2 aliphatic heterocycles. The zero-order chi connectivity index (χ0) is 24.9. The quantitative estimate of drug-likeness (QED) is 0.532. The number of amides is 1. The fraction of sp³-hybridized carbons (Fsp3) is 0.393. The van der Waals surface area contributed by atoms with E-state index in [1.54, 1.807) is 10.7 Å². The van der Waals surface area contributed by atoms with Crippen molar-refractivity contribution < 1.29 is 9.18 Å². The second-order valence-corrected chi connectivity index (χ2v) is 9.61. The fourth-order valence-corrected chi connectivity index (χ4v) is 5.03. The van der Waals surface area contributed by atoms with E-state index in [0.29, 0.717) is 28.6 Å². The number of nitrogens with zero attached hydrogens (tertiary/aromatic N) is 4. The number of halogens is 1. The highest BCUT2D eigenvalue weighted by Gasteiger charge is 2.20. The van der Waals surface area contributed by atoms with Crippen LogP contribution in [0.15, 0.2) is 48.5 Å². The SMILES string of the molecule is N#Cc1ccc(-c2cc(NCC3CCCNCC3)nn2-c2ccc(C(=O)N3CCCC3)cc2)cc1F. The summed E-state index contributed by atoms with van der Waals surface area (Å²) in [6, 6.07) is 15.8. The molecule has 36 heavy (non-hydrogen) atoms. The lowest BCUT2D eigenvalue weighted by molar-refractivity contribution is 0.0793. The van der Waals surface area contributed by atoms with Crippen molar-refractivity contribution in [2.24, 2.45) is 5.92 Å². The van der Waals surface area contributed by atoms with Crippen LogP contribution in [-0.4, -0.2) is 53.3 Å². The third-order valence-corrected chi connectivity index (χ3v) is 7.11. The monoisotopic (exact) mass is 486 g/mol. The number of rotatable bonds is 6. The number of nitriles is 1. The van der Waals surface area contributed by atoms with E-state index in [0.717, 1.165) is 57.7 Å². The molecule has 2 fully saturated rings. The van der Waals surface area contributed by atoms with Gasteiger partial charge >= 0.3 is 0 Å². The average molecular weight is 487 g/mol. The number of aromatic nitrogens is 2. The lowest BCUT2D eigenvalue weighted by atomic mass is 10.0. The maximum absolute atomic E-state index is 14.5. The molecule has 2 aliphatic rings. The number of likely N-dealkylation sites (tertiary alicyclic amines) is 1. The lowest BCUT2D eigenvalue weighted by Crippen LogP contribution is -2.27. The second-order valence-electron chi connectivity index (χ2n) is 9.61. The van der Waals surface area contributed by atoms with Crippen molar-refractivity contribution in [1.29, 1.82) is 5.26 Å². The first kappa shape index (κ1) is 24.0. The number of hydrogen-bond acceptors (Lipinski definition) is 5. The molecule has 3 aromatic rings. The van der Waals surface area contributed by atoms with Gasteiger partial charge in [-0.2, -0.15) is 5.26 Å². The summed E-state index contributed by atoms with van der Waals surface area (Å²) in [5.41, 5.74) is 2.78. The Bertz CT molecular complexity index is 1250. The normalized spacial score (nSPS) is 18.0. The summed E-state index contributed by atoms with van der Waals surface area (Å²) < 4.78 is 16.2. The van der Waals surface area contributed by atoms with Gasteiger partial charge in [-0.25, -0.2) is 9.07 Å². The molecule has 1 atom stereocenters. The Morgan fingerprint density at radius 1 is 1.08 bits per heavy atom. The highest BCUT2D eigenvalue weighted by atomic mass is 19.1. The van der Waals surface area contributed by atoms with E-state index in [1.165, 1.54) is 25.0 Å². The van der Waals surface area contributed by atoms with Crippen LogP contribution in [0.4, 0.5) is 10.2 Å². The molecule has 2 N–H and O–H groups in total. The van der Waals surface area contributed by atoms with Crippen molar-refractivity contribution in [2.45, 2.75) is 32.1 Å². The van der Waals surface area contributed by atoms with Gasteiger partial charge in [0.15, 0.2) is 0 Å². The van der Waals surface area contributed by atoms with Crippen molar-refractivity contribution >= 4 is 11.7 Å². The molecule has 8 heteroatoms. The molecule has 0 saturated carbocycles. The zero-order valence-corrected chi connectivity index (χ0v) is 20.3. The molecule has 3 heterocycles. The first-order valence-corrected chi connectivity index (χ1v) is 12.8. The van der Waals surface area contributed by atoms with Gasteiger partial charge in [-0.3, -0.25) is 4.79 Å². The minimum Gasteiger partial charge on any atom is -0.368 e. The second kappa shape index (κ2) is 10.9. The molecule has 0 bridgehead atoms. The highest BCUT2D eigenvalue weighted by Crippen LogP contribution is 2.28. The summed E-state index contributed by atoms with van der Waals surface area (Å²) in [5, 5.41) is 20.8. The minimum atomic E-state index is -0.560. The summed E-state index contributed by atoms with van der Waals surface area (Å²) >= 11 is 0. The largest absolute Gasteiger partial charge is 0.368 e. The number of carbonyl (C=O) groups is 1. The number of carbonyl (C=O) groups excluding carboxylic acids is 1. The van der Waals surface area contributed by atoms with Gasteiger partial charge in [0.25, 0.3) is 5.91 Å². The van der Waals surface area contributed by atoms with E-state index in [-0.39, 0.29) is 11.5 Å². The van der Waals surface area contributed by atoms with Crippen LogP contribution in [0.2, 0.25) is 0 Å². The Kier molecular flexibility index (Phi) is 7.28. The maximum Gasteiger partial charge on any atom is 0.253 e. The van der Waals surface area contributed by atoms with Gasteiger partial charge in [-0.05, 0) is 87.5 Å². The molecule has 186 valence electrons. The molecule has 1 aromatic heterocycles. The van der Waals surface area contributed by atoms with Gasteiger partial charge in [0.2, 0.25) is 0 Å². The van der Waals surface area contributed by atoms with Gasteiger partial charge in [0.1, 0.15) is 17.7 Å². The molecule has 0 spiro atoms. The first-order valence-electron chi connectivity index (χ1n) is 12.8. The van der Waals surface area contributed by atoms with E-state index < -0.39 is 5.82 Å². The van der Waals surface area contributed by atoms with Crippen molar-refractivity contribution in [3.63, 3.8) is 0 Å². The molecule has 1 unspecified atom stereocenters. The van der Waals surface area contributed by atoms with Crippen molar-refractivity contribution in [1.82, 2.24) is 20.0 Å². The first-order chi connectivity index (χ1) is 17.6. The van der Waals surface area contributed by atoms with Crippen LogP contribution in [0.5, 0.6) is 0 Å². The van der Waals surface area contributed by atoms with Crippen molar-refractivity contribution in [2.75, 3.05) is 38.0 Å². The fourth-order valence-electron chi connectivity index (χ4n) is 5.03. The van der Waals surface area contributed by atoms with Crippen LogP contribution in [0.1, 0.15) is 48.0 Å².